The zero-order valence-corrected chi connectivity index (χ0v) is 14.4. The lowest BCUT2D eigenvalue weighted by Crippen LogP contribution is -2.59. The Kier molecular flexibility index (Phi) is 6.20. The fraction of sp³-hybridized carbons (Fsp3) is 0.875. The van der Waals surface area contributed by atoms with Gasteiger partial charge in [-0.3, -0.25) is 9.59 Å². The van der Waals surface area contributed by atoms with Gasteiger partial charge < -0.3 is 15.1 Å². The Labute approximate surface area is 129 Å². The van der Waals surface area contributed by atoms with E-state index in [2.05, 4.69) is 33.0 Å². The Morgan fingerprint density at radius 1 is 1.33 bits per heavy atom. The molecular formula is C16H31N3O2. The fourth-order valence-corrected chi connectivity index (χ4v) is 3.05. The van der Waals surface area contributed by atoms with E-state index in [0.29, 0.717) is 25.4 Å². The molecule has 1 aliphatic heterocycles. The standard InChI is InChI=1S/C16H31N3O2/c1-12(10-16(2,3)4)9-14(20)19-8-7-17-11-13(19)15(21)18(5)6/h12-13,17H,7-11H2,1-6H3. The molecule has 2 unspecified atom stereocenters. The first-order valence-corrected chi connectivity index (χ1v) is 7.83. The predicted molar refractivity (Wildman–Crippen MR) is 84.9 cm³/mol. The minimum atomic E-state index is -0.358. The zero-order chi connectivity index (χ0) is 16.2. The summed E-state index contributed by atoms with van der Waals surface area (Å²) in [5.41, 5.74) is 0.224. The molecule has 1 rings (SSSR count). The van der Waals surface area contributed by atoms with E-state index in [0.717, 1.165) is 13.0 Å². The monoisotopic (exact) mass is 297 g/mol. The number of rotatable bonds is 4. The molecule has 1 saturated heterocycles. The molecule has 21 heavy (non-hydrogen) atoms. The van der Waals surface area contributed by atoms with Crippen molar-refractivity contribution < 1.29 is 9.59 Å². The van der Waals surface area contributed by atoms with Crippen LogP contribution in [0.4, 0.5) is 0 Å². The molecule has 0 radical (unpaired) electrons. The summed E-state index contributed by atoms with van der Waals surface area (Å²) in [5, 5.41) is 3.21. The van der Waals surface area contributed by atoms with Gasteiger partial charge in [0, 0.05) is 40.2 Å². The lowest BCUT2D eigenvalue weighted by molar-refractivity contribution is -0.146. The van der Waals surface area contributed by atoms with Gasteiger partial charge in [0.2, 0.25) is 11.8 Å². The normalized spacial score (nSPS) is 21.0. The average molecular weight is 297 g/mol. The SMILES string of the molecule is CC(CC(=O)N1CCNCC1C(=O)N(C)C)CC(C)(C)C. The molecule has 0 aromatic carbocycles. The van der Waals surface area contributed by atoms with E-state index in [1.165, 1.54) is 0 Å². The molecule has 1 heterocycles. The number of hydrogen-bond acceptors (Lipinski definition) is 3. The number of hydrogen-bond donors (Lipinski definition) is 1. The predicted octanol–water partition coefficient (Wildman–Crippen LogP) is 1.34. The molecule has 1 aliphatic rings. The Balaban J connectivity index is 2.67. The van der Waals surface area contributed by atoms with Gasteiger partial charge in [-0.05, 0) is 17.8 Å². The van der Waals surface area contributed by atoms with Crippen molar-refractivity contribution in [2.45, 2.75) is 46.6 Å². The summed E-state index contributed by atoms with van der Waals surface area (Å²) in [4.78, 5) is 28.1. The number of piperazine rings is 1. The first-order chi connectivity index (χ1) is 9.61. The van der Waals surface area contributed by atoms with Gasteiger partial charge in [-0.25, -0.2) is 0 Å². The first-order valence-electron chi connectivity index (χ1n) is 7.83. The highest BCUT2D eigenvalue weighted by atomic mass is 16.2. The molecule has 1 N–H and O–H groups in total. The van der Waals surface area contributed by atoms with Crippen molar-refractivity contribution in [3.8, 4) is 0 Å². The van der Waals surface area contributed by atoms with Crippen LogP contribution >= 0.6 is 0 Å². The smallest absolute Gasteiger partial charge is 0.246 e. The van der Waals surface area contributed by atoms with Crippen LogP contribution in [-0.2, 0) is 9.59 Å². The Bertz CT molecular complexity index is 374. The van der Waals surface area contributed by atoms with Crippen LogP contribution in [0, 0.1) is 11.3 Å². The second-order valence-electron chi connectivity index (χ2n) is 7.61. The molecule has 2 atom stereocenters. The molecule has 0 aliphatic carbocycles. The van der Waals surface area contributed by atoms with E-state index in [-0.39, 0.29) is 23.3 Å². The summed E-state index contributed by atoms with van der Waals surface area (Å²) >= 11 is 0. The average Bonchev–Trinajstić information content (AvgIpc) is 2.35. The van der Waals surface area contributed by atoms with Gasteiger partial charge in [0.25, 0.3) is 0 Å². The van der Waals surface area contributed by atoms with Crippen molar-refractivity contribution in [1.29, 1.82) is 0 Å². The van der Waals surface area contributed by atoms with Crippen molar-refractivity contribution in [2.24, 2.45) is 11.3 Å². The van der Waals surface area contributed by atoms with Gasteiger partial charge in [-0.2, -0.15) is 0 Å². The Morgan fingerprint density at radius 2 is 1.95 bits per heavy atom. The molecule has 2 amide bonds. The summed E-state index contributed by atoms with van der Waals surface area (Å²) in [7, 11) is 3.48. The number of nitrogens with one attached hydrogen (secondary N) is 1. The number of carbonyl (C=O) groups excluding carboxylic acids is 2. The fourth-order valence-electron chi connectivity index (χ4n) is 3.05. The molecule has 0 spiro atoms. The zero-order valence-electron chi connectivity index (χ0n) is 14.4. The van der Waals surface area contributed by atoms with Crippen LogP contribution in [0.25, 0.3) is 0 Å². The first kappa shape index (κ1) is 18.0. The minimum absolute atomic E-state index is 0.000903. The van der Waals surface area contributed by atoms with E-state index in [9.17, 15) is 9.59 Å². The third kappa shape index (κ3) is 5.65. The van der Waals surface area contributed by atoms with Gasteiger partial charge in [0.15, 0.2) is 0 Å². The highest BCUT2D eigenvalue weighted by Crippen LogP contribution is 2.26. The summed E-state index contributed by atoms with van der Waals surface area (Å²) in [6.07, 6.45) is 1.53. The topological polar surface area (TPSA) is 52.7 Å². The Morgan fingerprint density at radius 3 is 2.48 bits per heavy atom. The molecule has 5 nitrogen and oxygen atoms in total. The van der Waals surface area contributed by atoms with Gasteiger partial charge in [-0.1, -0.05) is 27.7 Å². The van der Waals surface area contributed by atoms with Crippen LogP contribution in [0.5, 0.6) is 0 Å². The van der Waals surface area contributed by atoms with E-state index < -0.39 is 0 Å². The third-order valence-electron chi connectivity index (χ3n) is 3.77. The Hall–Kier alpha value is -1.10. The molecule has 0 saturated carbocycles. The van der Waals surface area contributed by atoms with Crippen LogP contribution in [0.3, 0.4) is 0 Å². The molecule has 0 aromatic rings. The van der Waals surface area contributed by atoms with Crippen LogP contribution in [-0.4, -0.2) is 61.4 Å². The quantitative estimate of drug-likeness (QED) is 0.852. The summed E-state index contributed by atoms with van der Waals surface area (Å²) < 4.78 is 0. The number of amides is 2. The highest BCUT2D eigenvalue weighted by Gasteiger charge is 2.33. The molecule has 1 fully saturated rings. The second kappa shape index (κ2) is 7.25. The number of nitrogens with zero attached hydrogens (tertiary/aromatic N) is 2. The van der Waals surface area contributed by atoms with Crippen molar-refractivity contribution in [2.75, 3.05) is 33.7 Å². The van der Waals surface area contributed by atoms with Crippen molar-refractivity contribution in [1.82, 2.24) is 15.1 Å². The second-order valence-corrected chi connectivity index (χ2v) is 7.61. The van der Waals surface area contributed by atoms with E-state index in [4.69, 9.17) is 0 Å². The molecular weight excluding hydrogens is 266 g/mol. The molecule has 122 valence electrons. The summed E-state index contributed by atoms with van der Waals surface area (Å²) in [5.74, 6) is 0.440. The number of carbonyl (C=O) groups is 2. The highest BCUT2D eigenvalue weighted by molar-refractivity contribution is 5.88. The van der Waals surface area contributed by atoms with Gasteiger partial charge in [0.05, 0.1) is 0 Å². The maximum absolute atomic E-state index is 12.6. The summed E-state index contributed by atoms with van der Waals surface area (Å²) in [6.45, 7) is 10.6. The van der Waals surface area contributed by atoms with Crippen LogP contribution in [0.15, 0.2) is 0 Å². The number of likely N-dealkylation sites (N-methyl/N-ethyl adjacent to an activating group) is 1. The van der Waals surface area contributed by atoms with Crippen LogP contribution in [0.2, 0.25) is 0 Å². The molecule has 0 aromatic heterocycles. The maximum Gasteiger partial charge on any atom is 0.246 e. The van der Waals surface area contributed by atoms with Gasteiger partial charge in [-0.15, -0.1) is 0 Å². The van der Waals surface area contributed by atoms with Crippen LogP contribution < -0.4 is 5.32 Å². The minimum Gasteiger partial charge on any atom is -0.347 e. The van der Waals surface area contributed by atoms with Crippen molar-refractivity contribution >= 4 is 11.8 Å². The third-order valence-corrected chi connectivity index (χ3v) is 3.77. The van der Waals surface area contributed by atoms with Gasteiger partial charge >= 0.3 is 0 Å². The van der Waals surface area contributed by atoms with Crippen molar-refractivity contribution in [3.05, 3.63) is 0 Å². The largest absolute Gasteiger partial charge is 0.347 e. The molecule has 0 bridgehead atoms. The van der Waals surface area contributed by atoms with Crippen LogP contribution in [0.1, 0.15) is 40.5 Å². The maximum atomic E-state index is 12.6. The summed E-state index contributed by atoms with van der Waals surface area (Å²) in [6, 6.07) is -0.358. The molecule has 5 heteroatoms. The van der Waals surface area contributed by atoms with Gasteiger partial charge in [0.1, 0.15) is 6.04 Å². The van der Waals surface area contributed by atoms with E-state index in [1.54, 1.807) is 23.9 Å². The van der Waals surface area contributed by atoms with Crippen molar-refractivity contribution in [3.63, 3.8) is 0 Å². The lowest BCUT2D eigenvalue weighted by atomic mass is 9.84. The lowest BCUT2D eigenvalue weighted by Gasteiger charge is -2.37. The van der Waals surface area contributed by atoms with E-state index >= 15 is 0 Å². The van der Waals surface area contributed by atoms with E-state index in [1.807, 2.05) is 0 Å².